The van der Waals surface area contributed by atoms with Crippen LogP contribution in [0.15, 0.2) is 48.6 Å². The van der Waals surface area contributed by atoms with E-state index in [1.54, 1.807) is 6.08 Å². The van der Waals surface area contributed by atoms with Crippen LogP contribution in [0.3, 0.4) is 0 Å². The molecule has 0 bridgehead atoms. The summed E-state index contributed by atoms with van der Waals surface area (Å²) in [6.07, 6.45) is 66.9. The predicted octanol–water partition coefficient (Wildman–Crippen LogP) is 17.2. The Morgan fingerprint density at radius 3 is 1.31 bits per heavy atom. The summed E-state index contributed by atoms with van der Waals surface area (Å²) in [6.45, 7) is 4.27. The van der Waals surface area contributed by atoms with Crippen molar-refractivity contribution in [3.63, 3.8) is 0 Å². The fourth-order valence-electron chi connectivity index (χ4n) is 10.7. The van der Waals surface area contributed by atoms with Crippen LogP contribution in [0.1, 0.15) is 322 Å². The summed E-state index contributed by atoms with van der Waals surface area (Å²) in [5, 5.41) is 54.3. The Morgan fingerprint density at radius 1 is 0.457 bits per heavy atom. The smallest absolute Gasteiger partial charge is 0.305 e. The molecule has 11 heteroatoms. The Labute approximate surface area is 497 Å². The number of unbranched alkanes of at least 4 members (excludes halogenated alkanes) is 40. The zero-order valence-corrected chi connectivity index (χ0v) is 52.5. The number of nitrogens with one attached hydrogen (secondary N) is 1. The van der Waals surface area contributed by atoms with Crippen LogP contribution in [0.4, 0.5) is 0 Å². The first-order valence-corrected chi connectivity index (χ1v) is 34.4. The van der Waals surface area contributed by atoms with Crippen molar-refractivity contribution < 1.29 is 49.3 Å². The zero-order valence-electron chi connectivity index (χ0n) is 52.5. The number of aliphatic hydroxyl groups is 5. The average molecular weight is 1140 g/mol. The van der Waals surface area contributed by atoms with Gasteiger partial charge in [0.25, 0.3) is 0 Å². The molecule has 0 saturated carbocycles. The highest BCUT2D eigenvalue weighted by Crippen LogP contribution is 2.23. The van der Waals surface area contributed by atoms with Gasteiger partial charge < -0.3 is 45.1 Å². The summed E-state index contributed by atoms with van der Waals surface area (Å²) in [5.41, 5.74) is 0. The number of allylic oxidation sites excluding steroid dienone is 7. The molecule has 6 N–H and O–H groups in total. The van der Waals surface area contributed by atoms with E-state index in [1.165, 1.54) is 231 Å². The lowest BCUT2D eigenvalue weighted by molar-refractivity contribution is -0.302. The predicted molar refractivity (Wildman–Crippen MR) is 338 cm³/mol. The number of carbonyl (C=O) groups excluding carboxylic acids is 2. The Morgan fingerprint density at radius 2 is 0.852 bits per heavy atom. The maximum Gasteiger partial charge on any atom is 0.305 e. The third-order valence-corrected chi connectivity index (χ3v) is 16.1. The van der Waals surface area contributed by atoms with E-state index in [0.29, 0.717) is 19.4 Å². The first-order valence-electron chi connectivity index (χ1n) is 34.4. The second-order valence-corrected chi connectivity index (χ2v) is 23.9. The van der Waals surface area contributed by atoms with Crippen molar-refractivity contribution in [2.75, 3.05) is 19.8 Å². The number of amides is 1. The molecule has 1 fully saturated rings. The van der Waals surface area contributed by atoms with Gasteiger partial charge in [-0.3, -0.25) is 9.59 Å². The van der Waals surface area contributed by atoms with Gasteiger partial charge in [0.1, 0.15) is 24.4 Å². The van der Waals surface area contributed by atoms with Crippen LogP contribution in [0.25, 0.3) is 0 Å². The van der Waals surface area contributed by atoms with E-state index in [2.05, 4.69) is 55.6 Å². The van der Waals surface area contributed by atoms with Crippen molar-refractivity contribution in [3.05, 3.63) is 48.6 Å². The lowest BCUT2D eigenvalue weighted by Crippen LogP contribution is -2.60. The quantitative estimate of drug-likeness (QED) is 0.0195. The maximum absolute atomic E-state index is 13.0. The summed E-state index contributed by atoms with van der Waals surface area (Å²) < 4.78 is 16.7. The molecule has 1 heterocycles. The van der Waals surface area contributed by atoms with E-state index in [4.69, 9.17) is 14.2 Å². The first-order chi connectivity index (χ1) is 39.7. The number of esters is 1. The fourth-order valence-corrected chi connectivity index (χ4v) is 10.7. The van der Waals surface area contributed by atoms with Gasteiger partial charge in [0.2, 0.25) is 5.91 Å². The van der Waals surface area contributed by atoms with Crippen molar-refractivity contribution in [2.24, 2.45) is 0 Å². The van der Waals surface area contributed by atoms with Crippen LogP contribution in [-0.2, 0) is 23.8 Å². The zero-order chi connectivity index (χ0) is 58.7. The molecule has 0 spiro atoms. The molecule has 1 saturated heterocycles. The minimum absolute atomic E-state index is 0.00590. The summed E-state index contributed by atoms with van der Waals surface area (Å²) >= 11 is 0. The third kappa shape index (κ3) is 48.5. The molecule has 7 atom stereocenters. The van der Waals surface area contributed by atoms with E-state index >= 15 is 0 Å². The Balaban J connectivity index is 1.92. The molecule has 1 aliphatic heterocycles. The lowest BCUT2D eigenvalue weighted by atomic mass is 9.99. The highest BCUT2D eigenvalue weighted by molar-refractivity contribution is 5.76. The molecule has 0 radical (unpaired) electrons. The molecule has 1 rings (SSSR count). The standard InChI is InChI=1S/C70H129NO10/c1-3-5-7-9-11-13-14-34-38-42-46-50-54-58-66(75)79-59-55-51-47-43-39-36-33-31-29-27-25-23-21-19-17-15-16-18-20-22-24-26-28-30-32-35-37-41-45-49-53-57-65(74)71-62(63(73)56-52-48-44-40-12-10-8-6-4-2)61-80-70-69(78)68(77)67(76)64(60-72)81-70/h7,9,13-14,17,19,52,56,62-64,67-70,72-73,76-78H,3-6,8,10-12,15-16,18,20-51,53-55,57-61H2,1-2H3,(H,71,74)/b9-7-,14-13-,19-17-,56-52+. The molecule has 11 nitrogen and oxygen atoms in total. The Kier molecular flexibility index (Phi) is 56.2. The van der Waals surface area contributed by atoms with Crippen LogP contribution in [0.2, 0.25) is 0 Å². The largest absolute Gasteiger partial charge is 0.466 e. The molecule has 7 unspecified atom stereocenters. The molecule has 0 aromatic carbocycles. The topological polar surface area (TPSA) is 175 Å². The molecule has 81 heavy (non-hydrogen) atoms. The van der Waals surface area contributed by atoms with Gasteiger partial charge in [-0.15, -0.1) is 0 Å². The van der Waals surface area contributed by atoms with E-state index in [-0.39, 0.29) is 18.5 Å². The fraction of sp³-hybridized carbons (Fsp3) is 0.857. The molecule has 474 valence electrons. The summed E-state index contributed by atoms with van der Waals surface area (Å²) in [5.74, 6) is -0.187. The maximum atomic E-state index is 13.0. The monoisotopic (exact) mass is 1140 g/mol. The van der Waals surface area contributed by atoms with Crippen LogP contribution in [-0.4, -0.2) is 100 Å². The van der Waals surface area contributed by atoms with Gasteiger partial charge in [-0.2, -0.15) is 0 Å². The molecule has 1 aliphatic rings. The van der Waals surface area contributed by atoms with Gasteiger partial charge in [-0.05, 0) is 83.5 Å². The number of hydrogen-bond acceptors (Lipinski definition) is 10. The van der Waals surface area contributed by atoms with Crippen molar-refractivity contribution in [1.82, 2.24) is 5.32 Å². The van der Waals surface area contributed by atoms with E-state index in [9.17, 15) is 35.1 Å². The summed E-state index contributed by atoms with van der Waals surface area (Å²) in [4.78, 5) is 25.1. The second-order valence-electron chi connectivity index (χ2n) is 23.9. The summed E-state index contributed by atoms with van der Waals surface area (Å²) in [6, 6.07) is -0.807. The van der Waals surface area contributed by atoms with E-state index in [0.717, 1.165) is 64.2 Å². The minimum atomic E-state index is -1.57. The lowest BCUT2D eigenvalue weighted by Gasteiger charge is -2.40. The Hall–Kier alpha value is -2.38. The number of rotatable bonds is 60. The van der Waals surface area contributed by atoms with Gasteiger partial charge in [-0.1, -0.05) is 274 Å². The number of aliphatic hydroxyl groups excluding tert-OH is 5. The van der Waals surface area contributed by atoms with E-state index in [1.807, 2.05) is 6.08 Å². The van der Waals surface area contributed by atoms with Gasteiger partial charge in [-0.25, -0.2) is 0 Å². The van der Waals surface area contributed by atoms with Crippen LogP contribution >= 0.6 is 0 Å². The number of hydrogen-bond donors (Lipinski definition) is 6. The van der Waals surface area contributed by atoms with Gasteiger partial charge >= 0.3 is 5.97 Å². The molecule has 0 aliphatic carbocycles. The number of carbonyl (C=O) groups is 2. The first kappa shape index (κ1) is 76.6. The normalized spacial score (nSPS) is 18.5. The van der Waals surface area contributed by atoms with Gasteiger partial charge in [0, 0.05) is 12.8 Å². The average Bonchev–Trinajstić information content (AvgIpc) is 3.51. The second kappa shape index (κ2) is 59.4. The molecular weight excluding hydrogens is 1010 g/mol. The Bertz CT molecular complexity index is 1480. The van der Waals surface area contributed by atoms with Crippen molar-refractivity contribution in [3.8, 4) is 0 Å². The van der Waals surface area contributed by atoms with Crippen molar-refractivity contribution in [2.45, 2.75) is 365 Å². The van der Waals surface area contributed by atoms with Crippen LogP contribution in [0.5, 0.6) is 0 Å². The van der Waals surface area contributed by atoms with Crippen molar-refractivity contribution >= 4 is 11.9 Å². The SMILES string of the molecule is CCC/C=C\C/C=C\CCCCCCCC(=O)OCCCCCCCCCCCCCC/C=C\CCCCCCCCCCCCCCCCCC(=O)NC(COC1OC(CO)C(O)C(O)C1O)C(O)/C=C/CCCCCCCCC. The number of ether oxygens (including phenoxy) is 3. The van der Waals surface area contributed by atoms with E-state index < -0.39 is 49.5 Å². The molecule has 0 aromatic rings. The van der Waals surface area contributed by atoms with Crippen LogP contribution < -0.4 is 5.32 Å². The van der Waals surface area contributed by atoms with Gasteiger partial charge in [0.15, 0.2) is 6.29 Å². The minimum Gasteiger partial charge on any atom is -0.466 e. The van der Waals surface area contributed by atoms with Gasteiger partial charge in [0.05, 0.1) is 32.0 Å². The van der Waals surface area contributed by atoms with Crippen molar-refractivity contribution in [1.29, 1.82) is 0 Å². The van der Waals surface area contributed by atoms with Crippen LogP contribution in [0, 0.1) is 0 Å². The summed E-state index contributed by atoms with van der Waals surface area (Å²) in [7, 11) is 0. The molecule has 0 aromatic heterocycles. The highest BCUT2D eigenvalue weighted by Gasteiger charge is 2.44. The third-order valence-electron chi connectivity index (χ3n) is 16.1. The molecule has 1 amide bonds. The molecular formula is C70H129NO10. The highest BCUT2D eigenvalue weighted by atomic mass is 16.7.